The number of Topliss-reactive ketones (excluding diaryl/α,β-unsaturated/α-hetero) is 2. The Morgan fingerprint density at radius 2 is 1.82 bits per heavy atom. The molecule has 1 aliphatic carbocycles. The summed E-state index contributed by atoms with van der Waals surface area (Å²) >= 11 is 1.47. The van der Waals surface area contributed by atoms with E-state index in [9.17, 15) is 14.4 Å². The van der Waals surface area contributed by atoms with Gasteiger partial charge in [0.25, 0.3) is 0 Å². The molecular formula is C36H54N4O8S. The molecule has 1 amide bonds. The van der Waals surface area contributed by atoms with Gasteiger partial charge in [0.1, 0.15) is 18.0 Å². The van der Waals surface area contributed by atoms with Crippen LogP contribution in [0.3, 0.4) is 0 Å². The molecule has 12 nitrogen and oxygen atoms in total. The van der Waals surface area contributed by atoms with Crippen molar-refractivity contribution in [1.82, 2.24) is 20.2 Å². The van der Waals surface area contributed by atoms with Crippen molar-refractivity contribution >= 4 is 35.4 Å². The van der Waals surface area contributed by atoms with E-state index in [0.717, 1.165) is 44.9 Å². The van der Waals surface area contributed by atoms with Crippen molar-refractivity contribution in [3.63, 3.8) is 0 Å². The molecule has 2 N–H and O–H groups in total. The van der Waals surface area contributed by atoms with E-state index in [-0.39, 0.29) is 30.7 Å². The molecule has 0 spiro atoms. The summed E-state index contributed by atoms with van der Waals surface area (Å²) < 4.78 is 17.0. The van der Waals surface area contributed by atoms with Crippen molar-refractivity contribution in [1.29, 1.82) is 0 Å². The van der Waals surface area contributed by atoms with E-state index < -0.39 is 35.5 Å². The van der Waals surface area contributed by atoms with Gasteiger partial charge >= 0.3 is 12.1 Å². The molecular weight excluding hydrogens is 648 g/mol. The van der Waals surface area contributed by atoms with Gasteiger partial charge in [-0.25, -0.2) is 19.6 Å². The lowest BCUT2D eigenvalue weighted by atomic mass is 9.78. The number of ketones is 2. The molecule has 1 aromatic rings. The number of nitrogens with zero attached hydrogens (tertiary/aromatic N) is 3. The van der Waals surface area contributed by atoms with Gasteiger partial charge in [0.15, 0.2) is 17.6 Å². The Morgan fingerprint density at radius 1 is 1.10 bits per heavy atom. The lowest BCUT2D eigenvalue weighted by molar-refractivity contribution is -0.150. The first-order chi connectivity index (χ1) is 23.3. The van der Waals surface area contributed by atoms with Crippen LogP contribution in [0.2, 0.25) is 0 Å². The van der Waals surface area contributed by atoms with Crippen molar-refractivity contribution in [2.45, 2.75) is 109 Å². The number of rotatable bonds is 16. The summed E-state index contributed by atoms with van der Waals surface area (Å²) in [6.07, 6.45) is 5.44. The van der Waals surface area contributed by atoms with E-state index in [4.69, 9.17) is 19.3 Å². The van der Waals surface area contributed by atoms with Crippen LogP contribution >= 0.6 is 11.8 Å². The van der Waals surface area contributed by atoms with Gasteiger partial charge in [0.2, 0.25) is 5.78 Å². The van der Waals surface area contributed by atoms with Crippen molar-refractivity contribution in [3.8, 4) is 5.75 Å². The molecule has 1 saturated heterocycles. The Bertz CT molecular complexity index is 1350. The Hall–Kier alpha value is -3.13. The minimum absolute atomic E-state index is 0.0313. The van der Waals surface area contributed by atoms with E-state index in [0.29, 0.717) is 42.4 Å². The van der Waals surface area contributed by atoms with Crippen LogP contribution in [0.5, 0.6) is 5.75 Å². The molecule has 1 saturated carbocycles. The van der Waals surface area contributed by atoms with Gasteiger partial charge in [-0.15, -0.1) is 11.8 Å². The molecule has 0 bridgehead atoms. The van der Waals surface area contributed by atoms with E-state index in [1.165, 1.54) is 23.7 Å². The third-order valence-corrected chi connectivity index (χ3v) is 10.1. The van der Waals surface area contributed by atoms with E-state index in [2.05, 4.69) is 5.32 Å². The molecule has 2 fully saturated rings. The molecule has 2 aliphatic heterocycles. The van der Waals surface area contributed by atoms with Crippen LogP contribution in [0.4, 0.5) is 4.79 Å². The molecule has 13 heteroatoms. The van der Waals surface area contributed by atoms with Gasteiger partial charge in [-0.3, -0.25) is 14.9 Å². The van der Waals surface area contributed by atoms with Crippen LogP contribution in [-0.2, 0) is 19.1 Å². The van der Waals surface area contributed by atoms with Gasteiger partial charge in [-0.05, 0) is 84.4 Å². The fourth-order valence-corrected chi connectivity index (χ4v) is 7.88. The lowest BCUT2D eigenvalue weighted by Gasteiger charge is -2.48. The van der Waals surface area contributed by atoms with E-state index in [1.54, 1.807) is 31.3 Å². The number of carboxylic acid groups (broad SMARTS) is 1. The minimum Gasteiger partial charge on any atom is -0.490 e. The van der Waals surface area contributed by atoms with Gasteiger partial charge in [-0.2, -0.15) is 0 Å². The van der Waals surface area contributed by atoms with Crippen LogP contribution in [0.25, 0.3) is 0 Å². The number of ether oxygens (including phenoxy) is 3. The van der Waals surface area contributed by atoms with Crippen LogP contribution in [0, 0.1) is 5.92 Å². The Labute approximate surface area is 294 Å². The summed E-state index contributed by atoms with van der Waals surface area (Å²) in [5.74, 6) is -0.565. The van der Waals surface area contributed by atoms with Gasteiger partial charge in [0, 0.05) is 19.0 Å². The molecule has 0 radical (unpaired) electrons. The maximum absolute atomic E-state index is 15.4. The van der Waals surface area contributed by atoms with E-state index in [1.807, 2.05) is 43.0 Å². The molecule has 1 aromatic carbocycles. The summed E-state index contributed by atoms with van der Waals surface area (Å²) in [6.45, 7) is 10.2. The number of carbonyl (C=O) groups is 4. The highest BCUT2D eigenvalue weighted by Crippen LogP contribution is 2.41. The second-order valence-corrected chi connectivity index (χ2v) is 14.8. The Morgan fingerprint density at radius 3 is 2.45 bits per heavy atom. The lowest BCUT2D eigenvalue weighted by Crippen LogP contribution is -2.68. The first-order valence-electron chi connectivity index (χ1n) is 17.5. The van der Waals surface area contributed by atoms with Crippen LogP contribution in [0.15, 0.2) is 35.4 Å². The zero-order valence-corrected chi connectivity index (χ0v) is 30.7. The third-order valence-electron chi connectivity index (χ3n) is 9.29. The topological polar surface area (TPSA) is 138 Å². The highest BCUT2D eigenvalue weighted by atomic mass is 32.2. The monoisotopic (exact) mass is 702 g/mol. The number of nitrogens with one attached hydrogen (secondary N) is 1. The second-order valence-electron chi connectivity index (χ2n) is 14.0. The summed E-state index contributed by atoms with van der Waals surface area (Å²) in [6, 6.07) is 6.32. The average molecular weight is 703 g/mol. The molecule has 1 unspecified atom stereocenters. The average Bonchev–Trinajstić information content (AvgIpc) is 3.77. The third kappa shape index (κ3) is 9.36. The molecule has 272 valence electrons. The Kier molecular flexibility index (Phi) is 13.6. The fraction of sp³-hybridized carbons (Fsp3) is 0.667. The van der Waals surface area contributed by atoms with Crippen LogP contribution in [-0.4, -0.2) is 106 Å². The minimum atomic E-state index is -1.15. The SMILES string of the molecule is CCCN([C@H](C(=O)C1(N2CSC=C2C(=O)c2ccccc2OCCO[C@@H](C)C(=O)O)CCCN1)C1CCCCC1)N(C)C(=O)OC(C)(C)C. The number of thioether (sulfide) groups is 1. The van der Waals surface area contributed by atoms with Crippen molar-refractivity contribution in [2.75, 3.05) is 39.2 Å². The number of allylic oxidation sites excluding steroid dienone is 1. The van der Waals surface area contributed by atoms with Gasteiger partial charge in [-0.1, -0.05) is 38.3 Å². The fourth-order valence-electron chi connectivity index (χ4n) is 6.91. The molecule has 2 heterocycles. The molecule has 3 aliphatic rings. The summed E-state index contributed by atoms with van der Waals surface area (Å²) in [7, 11) is 1.69. The van der Waals surface area contributed by atoms with Gasteiger partial charge in [0.05, 0.1) is 29.8 Å². The number of benzene rings is 1. The summed E-state index contributed by atoms with van der Waals surface area (Å²) in [4.78, 5) is 56.2. The number of hydrogen-bond acceptors (Lipinski definition) is 11. The first-order valence-corrected chi connectivity index (χ1v) is 18.6. The van der Waals surface area contributed by atoms with E-state index >= 15 is 4.79 Å². The zero-order chi connectivity index (χ0) is 35.8. The standard InChI is InChI=1S/C36H54N4O8S/c1-7-20-40(38(6)34(45)48-35(3,4)5)30(26-14-9-8-10-15-26)32(42)36(18-13-19-37-36)39-24-49-23-28(39)31(41)27-16-11-12-17-29(27)47-22-21-46-25(2)33(43)44/h11-12,16-17,23,25-26,30,37H,7-10,13-15,18-22,24H2,1-6H3,(H,43,44)/t25-,30-,36?/m0/s1. The van der Waals surface area contributed by atoms with Crippen molar-refractivity contribution in [2.24, 2.45) is 5.92 Å². The maximum atomic E-state index is 15.4. The highest BCUT2D eigenvalue weighted by molar-refractivity contribution is 8.02. The van der Waals surface area contributed by atoms with Crippen molar-refractivity contribution < 1.29 is 38.5 Å². The van der Waals surface area contributed by atoms with Crippen LogP contribution in [0.1, 0.15) is 96.3 Å². The molecule has 3 atom stereocenters. The quantitative estimate of drug-likeness (QED) is 0.125. The predicted molar refractivity (Wildman–Crippen MR) is 188 cm³/mol. The number of aliphatic carboxylic acids is 1. The number of hydrogen-bond donors (Lipinski definition) is 2. The normalized spacial score (nSPS) is 21.3. The van der Waals surface area contributed by atoms with Crippen LogP contribution < -0.4 is 10.1 Å². The molecule has 0 aromatic heterocycles. The predicted octanol–water partition coefficient (Wildman–Crippen LogP) is 5.68. The number of carboxylic acids is 1. The molecule has 4 rings (SSSR count). The summed E-state index contributed by atoms with van der Waals surface area (Å²) in [5.41, 5.74) is -1.10. The maximum Gasteiger partial charge on any atom is 0.424 e. The number of carbonyl (C=O) groups excluding carboxylic acids is 3. The smallest absolute Gasteiger partial charge is 0.424 e. The largest absolute Gasteiger partial charge is 0.490 e. The number of hydrazine groups is 1. The second kappa shape index (κ2) is 17.2. The van der Waals surface area contributed by atoms with Crippen molar-refractivity contribution in [3.05, 3.63) is 40.9 Å². The number of para-hydroxylation sites is 1. The zero-order valence-electron chi connectivity index (χ0n) is 29.9. The Balaban J connectivity index is 1.65. The summed E-state index contributed by atoms with van der Waals surface area (Å²) in [5, 5.41) is 17.9. The number of amides is 1. The van der Waals surface area contributed by atoms with Gasteiger partial charge < -0.3 is 24.2 Å². The molecule has 49 heavy (non-hydrogen) atoms. The highest BCUT2D eigenvalue weighted by Gasteiger charge is 2.54. The first kappa shape index (κ1) is 38.7.